The highest BCUT2D eigenvalue weighted by Crippen LogP contribution is 2.37. The Morgan fingerprint density at radius 3 is 2.71 bits per heavy atom. The number of carbonyl (C=O) groups excluding carboxylic acids is 3. The van der Waals surface area contributed by atoms with Crippen LogP contribution < -0.4 is 14.8 Å². The summed E-state index contributed by atoms with van der Waals surface area (Å²) in [4.78, 5) is 42.6. The van der Waals surface area contributed by atoms with E-state index in [0.717, 1.165) is 16.6 Å². The fourth-order valence-corrected chi connectivity index (χ4v) is 5.78. The number of rotatable bonds is 12. The van der Waals surface area contributed by atoms with Crippen LogP contribution in [-0.2, 0) is 16.0 Å². The van der Waals surface area contributed by atoms with Crippen LogP contribution in [0.3, 0.4) is 0 Å². The van der Waals surface area contributed by atoms with Crippen molar-refractivity contribution >= 4 is 51.6 Å². The zero-order valence-corrected chi connectivity index (χ0v) is 25.1. The number of aliphatic hydroxyl groups excluding tert-OH is 2. The third-order valence-electron chi connectivity index (χ3n) is 7.09. The van der Waals surface area contributed by atoms with Crippen molar-refractivity contribution in [3.63, 3.8) is 0 Å². The lowest BCUT2D eigenvalue weighted by Crippen LogP contribution is -2.55. The van der Waals surface area contributed by atoms with Gasteiger partial charge in [0.25, 0.3) is 0 Å². The highest BCUT2D eigenvalue weighted by molar-refractivity contribution is 14.1. The highest BCUT2D eigenvalue weighted by Gasteiger charge is 2.40. The van der Waals surface area contributed by atoms with Crippen molar-refractivity contribution < 1.29 is 34.1 Å². The van der Waals surface area contributed by atoms with Crippen molar-refractivity contribution in [3.8, 4) is 11.5 Å². The molecule has 1 aromatic heterocycles. The molecule has 0 fully saturated rings. The van der Waals surface area contributed by atoms with Crippen molar-refractivity contribution in [1.82, 2.24) is 15.2 Å². The summed E-state index contributed by atoms with van der Waals surface area (Å²) >= 11 is 2.02. The van der Waals surface area contributed by atoms with E-state index in [1.54, 1.807) is 24.0 Å². The first-order valence-corrected chi connectivity index (χ1v) is 14.5. The first-order chi connectivity index (χ1) is 19.8. The molecule has 0 aliphatic heterocycles. The highest BCUT2D eigenvalue weighted by atomic mass is 127. The Hall–Kier alpha value is -3.42. The number of aliphatic hydroxyl groups is 2. The molecule has 2 aromatic carbocycles. The average molecular weight is 676 g/mol. The standard InChI is InChI=1S/C30H34IN3O7/c1-3-27(37)34(10-8-21-14-19-6-4-5-7-23(19)33-21)24-15-20(30(39)32-9-11-35)16-25(28(24)38)41-29-22(31)12-18(17-36)13-26(29)40-2/h4-7,12-14,16-17,24-25,28,33,35,38H,3,8-11,15H2,1-2H3,(H,32,39). The molecule has 11 heteroatoms. The molecule has 0 saturated carbocycles. The summed E-state index contributed by atoms with van der Waals surface area (Å²) in [5.41, 5.74) is 2.68. The number of amides is 2. The maximum absolute atomic E-state index is 13.2. The van der Waals surface area contributed by atoms with Gasteiger partial charge in [-0.15, -0.1) is 0 Å². The number of methoxy groups -OCH3 is 1. The van der Waals surface area contributed by atoms with Crippen molar-refractivity contribution in [2.24, 2.45) is 0 Å². The molecule has 1 heterocycles. The van der Waals surface area contributed by atoms with Crippen LogP contribution in [0.15, 0.2) is 54.1 Å². The summed E-state index contributed by atoms with van der Waals surface area (Å²) < 4.78 is 12.3. The molecule has 41 heavy (non-hydrogen) atoms. The SMILES string of the molecule is CCC(=O)N(CCc1cc2ccccc2[nH]1)C1CC(C(=O)NCCO)=CC(Oc2c(I)cc(C=O)cc2OC)C1O. The van der Waals surface area contributed by atoms with Crippen LogP contribution in [0, 0.1) is 3.57 Å². The molecule has 218 valence electrons. The quantitative estimate of drug-likeness (QED) is 0.171. The minimum Gasteiger partial charge on any atom is -0.493 e. The number of aromatic nitrogens is 1. The first-order valence-electron chi connectivity index (χ1n) is 13.4. The number of hydrogen-bond donors (Lipinski definition) is 4. The molecular weight excluding hydrogens is 641 g/mol. The molecule has 0 radical (unpaired) electrons. The van der Waals surface area contributed by atoms with E-state index in [1.807, 2.05) is 52.9 Å². The van der Waals surface area contributed by atoms with Gasteiger partial charge in [-0.1, -0.05) is 25.1 Å². The molecular formula is C30H34IN3O7. The Morgan fingerprint density at radius 1 is 1.24 bits per heavy atom. The van der Waals surface area contributed by atoms with Crippen molar-refractivity contribution in [2.45, 2.75) is 44.4 Å². The smallest absolute Gasteiger partial charge is 0.247 e. The monoisotopic (exact) mass is 675 g/mol. The van der Waals surface area contributed by atoms with E-state index >= 15 is 0 Å². The van der Waals surface area contributed by atoms with Gasteiger partial charge in [-0.2, -0.15) is 0 Å². The molecule has 3 aromatic rings. The van der Waals surface area contributed by atoms with E-state index in [-0.39, 0.29) is 31.9 Å². The maximum atomic E-state index is 13.2. The molecule has 4 rings (SSSR count). The number of carbonyl (C=O) groups is 3. The van der Waals surface area contributed by atoms with Gasteiger partial charge in [-0.25, -0.2) is 0 Å². The lowest BCUT2D eigenvalue weighted by Gasteiger charge is -2.40. The van der Waals surface area contributed by atoms with Crippen LogP contribution in [-0.4, -0.2) is 83.3 Å². The second-order valence-corrected chi connectivity index (χ2v) is 10.9. The zero-order chi connectivity index (χ0) is 29.5. The summed E-state index contributed by atoms with van der Waals surface area (Å²) in [6, 6.07) is 12.4. The number of H-pyrrole nitrogens is 1. The normalized spacial score (nSPS) is 18.5. The summed E-state index contributed by atoms with van der Waals surface area (Å²) in [6.07, 6.45) is 0.908. The molecule has 10 nitrogen and oxygen atoms in total. The van der Waals surface area contributed by atoms with Gasteiger partial charge in [-0.3, -0.25) is 14.4 Å². The van der Waals surface area contributed by atoms with E-state index in [2.05, 4.69) is 10.3 Å². The Bertz CT molecular complexity index is 1400. The van der Waals surface area contributed by atoms with Gasteiger partial charge in [0.05, 0.1) is 23.3 Å². The molecule has 0 saturated heterocycles. The number of aldehydes is 1. The Balaban J connectivity index is 1.66. The maximum Gasteiger partial charge on any atom is 0.247 e. The average Bonchev–Trinajstić information content (AvgIpc) is 3.41. The molecule has 0 spiro atoms. The summed E-state index contributed by atoms with van der Waals surface area (Å²) in [5, 5.41) is 24.5. The van der Waals surface area contributed by atoms with E-state index in [4.69, 9.17) is 9.47 Å². The van der Waals surface area contributed by atoms with E-state index in [1.165, 1.54) is 13.2 Å². The second-order valence-electron chi connectivity index (χ2n) is 9.74. The molecule has 4 N–H and O–H groups in total. The number of nitrogens with one attached hydrogen (secondary N) is 2. The number of fused-ring (bicyclic) bond motifs is 1. The molecule has 0 bridgehead atoms. The van der Waals surface area contributed by atoms with Gasteiger partial charge in [0.1, 0.15) is 18.5 Å². The fraction of sp³-hybridized carbons (Fsp3) is 0.367. The number of nitrogens with zero attached hydrogens (tertiary/aromatic N) is 1. The lowest BCUT2D eigenvalue weighted by molar-refractivity contribution is -0.138. The molecule has 2 amide bonds. The minimum atomic E-state index is -1.17. The summed E-state index contributed by atoms with van der Waals surface area (Å²) in [6.45, 7) is 1.91. The van der Waals surface area contributed by atoms with Crippen molar-refractivity contribution in [1.29, 1.82) is 0 Å². The van der Waals surface area contributed by atoms with Crippen LogP contribution in [0.5, 0.6) is 11.5 Å². The fourth-order valence-electron chi connectivity index (χ4n) is 5.03. The lowest BCUT2D eigenvalue weighted by atomic mass is 9.87. The Labute approximate surface area is 251 Å². The number of benzene rings is 2. The number of halogens is 1. The Morgan fingerprint density at radius 2 is 2.02 bits per heavy atom. The summed E-state index contributed by atoms with van der Waals surface area (Å²) in [5.74, 6) is 0.0278. The van der Waals surface area contributed by atoms with Crippen LogP contribution in [0.25, 0.3) is 10.9 Å². The van der Waals surface area contributed by atoms with Gasteiger partial charge < -0.3 is 34.9 Å². The van der Waals surface area contributed by atoms with Gasteiger partial charge in [0.2, 0.25) is 11.8 Å². The van der Waals surface area contributed by atoms with Gasteiger partial charge in [-0.05, 0) is 58.3 Å². The molecule has 3 atom stereocenters. The predicted octanol–water partition coefficient (Wildman–Crippen LogP) is 2.99. The zero-order valence-electron chi connectivity index (χ0n) is 22.9. The predicted molar refractivity (Wildman–Crippen MR) is 162 cm³/mol. The van der Waals surface area contributed by atoms with Gasteiger partial charge in [0, 0.05) is 54.7 Å². The van der Waals surface area contributed by atoms with Gasteiger partial charge in [0.15, 0.2) is 11.5 Å². The van der Waals surface area contributed by atoms with Crippen LogP contribution in [0.2, 0.25) is 0 Å². The van der Waals surface area contributed by atoms with E-state index in [0.29, 0.717) is 45.5 Å². The molecule has 3 unspecified atom stereocenters. The number of ether oxygens (including phenoxy) is 2. The minimum absolute atomic E-state index is 0.0613. The van der Waals surface area contributed by atoms with Crippen molar-refractivity contribution in [3.05, 3.63) is 68.9 Å². The Kier molecular flexibility index (Phi) is 10.4. The van der Waals surface area contributed by atoms with E-state index in [9.17, 15) is 24.6 Å². The van der Waals surface area contributed by atoms with Crippen molar-refractivity contribution in [2.75, 3.05) is 26.8 Å². The second kappa shape index (κ2) is 14.0. The molecule has 1 aliphatic rings. The summed E-state index contributed by atoms with van der Waals surface area (Å²) in [7, 11) is 1.45. The largest absolute Gasteiger partial charge is 0.493 e. The third kappa shape index (κ3) is 7.08. The van der Waals surface area contributed by atoms with E-state index < -0.39 is 24.2 Å². The van der Waals surface area contributed by atoms with Gasteiger partial charge >= 0.3 is 0 Å². The molecule has 1 aliphatic carbocycles. The number of hydrogen-bond acceptors (Lipinski definition) is 7. The van der Waals surface area contributed by atoms with Crippen LogP contribution in [0.1, 0.15) is 35.8 Å². The topological polar surface area (TPSA) is 141 Å². The van der Waals surface area contributed by atoms with Crippen LogP contribution in [0.4, 0.5) is 0 Å². The third-order valence-corrected chi connectivity index (χ3v) is 7.89. The van der Waals surface area contributed by atoms with Crippen LogP contribution >= 0.6 is 22.6 Å². The number of para-hydroxylation sites is 1. The number of aromatic amines is 1. The first kappa shape index (κ1) is 30.5.